The van der Waals surface area contributed by atoms with Gasteiger partial charge in [0.05, 0.1) is 10.4 Å². The van der Waals surface area contributed by atoms with Crippen molar-refractivity contribution in [3.8, 4) is 0 Å². The minimum absolute atomic E-state index is 0.01000. The number of hydrogen-bond acceptors (Lipinski definition) is 4. The smallest absolute Gasteiger partial charge is 0.252 e. The van der Waals surface area contributed by atoms with E-state index in [0.29, 0.717) is 0 Å². The lowest BCUT2D eigenvalue weighted by atomic mass is 9.33. The summed E-state index contributed by atoms with van der Waals surface area (Å²) >= 11 is 1.95. The predicted molar refractivity (Wildman–Crippen MR) is 336 cm³/mol. The maximum atomic E-state index is 2.76. The lowest BCUT2D eigenvalue weighted by molar-refractivity contribution is 0.332. The topological polar surface area (TPSA) is 9.72 Å². The largest absolute Gasteiger partial charge is 0.311 e. The van der Waals surface area contributed by atoms with Crippen LogP contribution in [0.4, 0.5) is 51.2 Å². The highest BCUT2D eigenvalue weighted by atomic mass is 32.1. The molecule has 0 saturated carbocycles. The van der Waals surface area contributed by atoms with Gasteiger partial charge in [-0.3, -0.25) is 0 Å². The van der Waals surface area contributed by atoms with Gasteiger partial charge in [-0.2, -0.15) is 0 Å². The fourth-order valence-electron chi connectivity index (χ4n) is 14.7. The first-order valence-corrected chi connectivity index (χ1v) is 29.3. The first-order chi connectivity index (χ1) is 36.3. The Kier molecular flexibility index (Phi) is 10.9. The van der Waals surface area contributed by atoms with E-state index < -0.39 is 0 Å². The Morgan fingerprint density at radius 2 is 1.00 bits per heavy atom. The van der Waals surface area contributed by atoms with Crippen LogP contribution in [0.2, 0.25) is 0 Å². The van der Waals surface area contributed by atoms with Gasteiger partial charge < -0.3 is 14.7 Å². The van der Waals surface area contributed by atoms with Crippen LogP contribution < -0.4 is 31.1 Å². The van der Waals surface area contributed by atoms with Crippen molar-refractivity contribution in [2.24, 2.45) is 0 Å². The van der Waals surface area contributed by atoms with Gasteiger partial charge in [0.1, 0.15) is 0 Å². The molecule has 0 saturated heterocycles. The molecule has 5 heteroatoms. The van der Waals surface area contributed by atoms with Crippen LogP contribution in [-0.4, -0.2) is 6.71 Å². The predicted octanol–water partition coefficient (Wildman–Crippen LogP) is 18.8. The van der Waals surface area contributed by atoms with Gasteiger partial charge in [0.25, 0.3) is 6.71 Å². The molecule has 0 fully saturated rings. The number of hydrogen-bond donors (Lipinski definition) is 0. The molecular formula is C72H76BN3S. The Labute approximate surface area is 464 Å². The highest BCUT2D eigenvalue weighted by Gasteiger charge is 2.49. The van der Waals surface area contributed by atoms with Gasteiger partial charge in [0.2, 0.25) is 0 Å². The van der Waals surface area contributed by atoms with E-state index in [4.69, 9.17) is 0 Å². The highest BCUT2D eigenvalue weighted by Crippen LogP contribution is 2.56. The molecule has 8 aromatic carbocycles. The summed E-state index contributed by atoms with van der Waals surface area (Å²) in [7, 11) is 0. The third kappa shape index (κ3) is 7.63. The summed E-state index contributed by atoms with van der Waals surface area (Å²) < 4.78 is 2.65. The van der Waals surface area contributed by atoms with E-state index in [0.717, 1.165) is 23.5 Å². The monoisotopic (exact) mass is 1030 g/mol. The summed E-state index contributed by atoms with van der Waals surface area (Å²) in [5.74, 6) is 0. The number of thiophene rings is 1. The van der Waals surface area contributed by atoms with E-state index in [1.54, 1.807) is 0 Å². The molecule has 0 N–H and O–H groups in total. The van der Waals surface area contributed by atoms with E-state index >= 15 is 0 Å². The van der Waals surface area contributed by atoms with Gasteiger partial charge in [-0.1, -0.05) is 176 Å². The van der Waals surface area contributed by atoms with E-state index in [1.807, 2.05) is 11.3 Å². The number of anilines is 9. The van der Waals surface area contributed by atoms with Crippen LogP contribution in [0.25, 0.3) is 20.2 Å². The summed E-state index contributed by atoms with van der Waals surface area (Å²) in [5.41, 5.74) is 25.1. The molecule has 0 radical (unpaired) electrons. The van der Waals surface area contributed by atoms with E-state index in [9.17, 15) is 0 Å². The van der Waals surface area contributed by atoms with Gasteiger partial charge in [0.15, 0.2) is 0 Å². The molecule has 1 aromatic heterocycles. The van der Waals surface area contributed by atoms with Crippen molar-refractivity contribution in [3.05, 3.63) is 191 Å². The average molecular weight is 1030 g/mol. The number of benzene rings is 8. The maximum Gasteiger partial charge on any atom is 0.252 e. The third-order valence-corrected chi connectivity index (χ3v) is 19.8. The third-order valence-electron chi connectivity index (χ3n) is 18.7. The quantitative estimate of drug-likeness (QED) is 0.159. The second kappa shape index (κ2) is 16.7. The van der Waals surface area contributed by atoms with Crippen LogP contribution in [0.1, 0.15) is 155 Å². The minimum Gasteiger partial charge on any atom is -0.311 e. The van der Waals surface area contributed by atoms with Gasteiger partial charge in [-0.05, 0) is 187 Å². The summed E-state index contributed by atoms with van der Waals surface area (Å²) in [5, 5.41) is 2.70. The van der Waals surface area contributed by atoms with Crippen molar-refractivity contribution >= 4 is 106 Å². The van der Waals surface area contributed by atoms with Gasteiger partial charge in [-0.25, -0.2) is 0 Å². The number of rotatable bonds is 5. The Morgan fingerprint density at radius 3 is 1.61 bits per heavy atom. The molecule has 0 amide bonds. The Morgan fingerprint density at radius 1 is 0.468 bits per heavy atom. The van der Waals surface area contributed by atoms with Gasteiger partial charge in [0, 0.05) is 61.0 Å². The summed E-state index contributed by atoms with van der Waals surface area (Å²) in [4.78, 5) is 7.92. The van der Waals surface area contributed by atoms with Gasteiger partial charge >= 0.3 is 0 Å². The summed E-state index contributed by atoms with van der Waals surface area (Å²) in [6.45, 7) is 36.6. The fraction of sp³-hybridized carbons (Fsp3) is 0.333. The van der Waals surface area contributed by atoms with E-state index in [2.05, 4.69) is 270 Å². The van der Waals surface area contributed by atoms with E-state index in [1.165, 1.54) is 122 Å². The van der Waals surface area contributed by atoms with Gasteiger partial charge in [-0.15, -0.1) is 11.3 Å². The number of fused-ring (bicyclic) bond motifs is 9. The van der Waals surface area contributed by atoms with Crippen LogP contribution in [0.15, 0.2) is 152 Å². The normalized spacial score (nSPS) is 17.5. The van der Waals surface area contributed by atoms with Crippen molar-refractivity contribution < 1.29 is 0 Å². The second-order valence-corrected chi connectivity index (χ2v) is 29.1. The minimum atomic E-state index is -0.165. The molecule has 4 aliphatic rings. The maximum absolute atomic E-state index is 2.76. The zero-order valence-corrected chi connectivity index (χ0v) is 49.2. The molecule has 9 aromatic rings. The zero-order chi connectivity index (χ0) is 54.1. The fourth-order valence-corrected chi connectivity index (χ4v) is 15.9. The van der Waals surface area contributed by atoms with Crippen LogP contribution in [0.3, 0.4) is 0 Å². The van der Waals surface area contributed by atoms with Crippen LogP contribution in [0.5, 0.6) is 0 Å². The molecule has 2 aliphatic carbocycles. The van der Waals surface area contributed by atoms with Crippen molar-refractivity contribution in [1.82, 2.24) is 0 Å². The molecule has 2 aliphatic heterocycles. The highest BCUT2D eigenvalue weighted by molar-refractivity contribution is 7.26. The molecule has 0 bridgehead atoms. The number of para-hydroxylation sites is 2. The number of aryl methyl sites for hydroxylation is 1. The lowest BCUT2D eigenvalue weighted by Gasteiger charge is -2.47. The molecule has 0 unspecified atom stereocenters. The lowest BCUT2D eigenvalue weighted by Crippen LogP contribution is -2.61. The van der Waals surface area contributed by atoms with Crippen molar-refractivity contribution in [2.75, 3.05) is 14.7 Å². The van der Waals surface area contributed by atoms with Crippen LogP contribution >= 0.6 is 11.3 Å². The Hall–Kier alpha value is -6.56. The molecule has 388 valence electrons. The van der Waals surface area contributed by atoms with Crippen molar-refractivity contribution in [2.45, 2.75) is 156 Å². The average Bonchev–Trinajstić information content (AvgIpc) is 3.91. The molecule has 13 rings (SSSR count). The van der Waals surface area contributed by atoms with Crippen LogP contribution in [-0.2, 0) is 32.5 Å². The standard InChI is InChI=1S/C72H76BN3S/c1-44-36-51-53(70(10,11)35-34-69(51,8)9)41-58(44)76-60-42-54-52(71(12,13)43-72(54,14)15)40-56(60)73-55-32-30-48(74(46-24-18-16-19-25-46)47-26-20-17-21-27-47)39-59(55)75(61-37-45(67(2,3)4)38-62(76)65(61)73)57-33-31-50(68(5,6)7)64-49-28-22-23-29-63(49)77-66(57)64/h16-33,36-42H,34-35,43H2,1-15H3. The summed E-state index contributed by atoms with van der Waals surface area (Å²) in [6.07, 6.45) is 3.46. The SMILES string of the molecule is Cc1cc2c(cc1N1c3cc4c(cc3B3c5ccc(N(c6ccccc6)c6ccccc6)cc5N(c5ccc(C(C)(C)C)c6c5sc5ccccc56)c5cc(C(C)(C)C)cc1c53)C(C)(C)CC4(C)C)C(C)(C)CCC2(C)C. The molecule has 0 spiro atoms. The first-order valence-electron chi connectivity index (χ1n) is 28.5. The molecule has 0 atom stereocenters. The Bertz CT molecular complexity index is 3860. The zero-order valence-electron chi connectivity index (χ0n) is 48.4. The molecule has 77 heavy (non-hydrogen) atoms. The second-order valence-electron chi connectivity index (χ2n) is 28.1. The van der Waals surface area contributed by atoms with Crippen molar-refractivity contribution in [1.29, 1.82) is 0 Å². The molecular weight excluding hydrogens is 950 g/mol. The van der Waals surface area contributed by atoms with Crippen LogP contribution in [0, 0.1) is 6.92 Å². The molecule has 3 nitrogen and oxygen atoms in total. The first kappa shape index (κ1) is 50.0. The van der Waals surface area contributed by atoms with Crippen molar-refractivity contribution in [3.63, 3.8) is 0 Å². The van der Waals surface area contributed by atoms with E-state index in [-0.39, 0.29) is 39.2 Å². The molecule has 3 heterocycles. The number of nitrogens with zero attached hydrogens (tertiary/aromatic N) is 3. The summed E-state index contributed by atoms with van der Waals surface area (Å²) in [6, 6.07) is 59.1. The Balaban J connectivity index is 1.19.